The summed E-state index contributed by atoms with van der Waals surface area (Å²) in [7, 11) is 0. The predicted molar refractivity (Wildman–Crippen MR) is 59.9 cm³/mol. The van der Waals surface area contributed by atoms with Crippen molar-refractivity contribution in [1.29, 1.82) is 0 Å². The minimum absolute atomic E-state index is 0.0102. The monoisotopic (exact) mass is 228 g/mol. The van der Waals surface area contributed by atoms with Gasteiger partial charge in [0.25, 0.3) is 0 Å². The minimum Gasteiger partial charge on any atom is -0.466 e. The maximum Gasteiger partial charge on any atom is 0.307 e. The molecule has 5 nitrogen and oxygen atoms in total. The lowest BCUT2D eigenvalue weighted by Gasteiger charge is -2.22. The molecule has 0 spiro atoms. The van der Waals surface area contributed by atoms with Gasteiger partial charge in [0.1, 0.15) is 0 Å². The van der Waals surface area contributed by atoms with Crippen LogP contribution in [0.25, 0.3) is 0 Å². The number of esters is 1. The van der Waals surface area contributed by atoms with Crippen LogP contribution in [0.15, 0.2) is 0 Å². The third kappa shape index (κ3) is 4.61. The van der Waals surface area contributed by atoms with Crippen LogP contribution in [0, 0.1) is 0 Å². The maximum absolute atomic E-state index is 11.6. The second-order valence-electron chi connectivity index (χ2n) is 3.85. The molecule has 92 valence electrons. The molecule has 0 bridgehead atoms. The number of hydrogen-bond acceptors (Lipinski definition) is 4. The van der Waals surface area contributed by atoms with Crippen molar-refractivity contribution in [3.8, 4) is 0 Å². The van der Waals surface area contributed by atoms with E-state index in [0.717, 1.165) is 25.8 Å². The summed E-state index contributed by atoms with van der Waals surface area (Å²) in [5.41, 5.74) is 0. The molecule has 0 aromatic heterocycles. The summed E-state index contributed by atoms with van der Waals surface area (Å²) in [6.07, 6.45) is 3.34. The van der Waals surface area contributed by atoms with E-state index >= 15 is 0 Å². The normalized spacial score (nSPS) is 20.2. The van der Waals surface area contributed by atoms with Crippen molar-refractivity contribution in [2.75, 3.05) is 19.7 Å². The van der Waals surface area contributed by atoms with Crippen LogP contribution < -0.4 is 10.6 Å². The Labute approximate surface area is 95.9 Å². The molecule has 0 aromatic rings. The van der Waals surface area contributed by atoms with E-state index in [-0.39, 0.29) is 24.3 Å². The zero-order valence-corrected chi connectivity index (χ0v) is 9.75. The van der Waals surface area contributed by atoms with Crippen LogP contribution in [0.4, 0.5) is 0 Å². The number of rotatable bonds is 5. The van der Waals surface area contributed by atoms with Crippen molar-refractivity contribution < 1.29 is 14.3 Å². The Balaban J connectivity index is 2.12. The smallest absolute Gasteiger partial charge is 0.307 e. The van der Waals surface area contributed by atoms with Crippen molar-refractivity contribution in [2.45, 2.75) is 38.6 Å². The van der Waals surface area contributed by atoms with Gasteiger partial charge in [0.05, 0.1) is 19.1 Å². The molecule has 0 unspecified atom stereocenters. The number of ether oxygens (including phenoxy) is 1. The molecule has 16 heavy (non-hydrogen) atoms. The van der Waals surface area contributed by atoms with Crippen LogP contribution in [-0.2, 0) is 14.3 Å². The molecule has 1 aliphatic rings. The molecule has 0 aromatic carbocycles. The SMILES string of the molecule is CCOC(=O)CCNC(=O)[C@H]1CCCCN1. The molecule has 1 aliphatic heterocycles. The summed E-state index contributed by atoms with van der Waals surface area (Å²) in [4.78, 5) is 22.6. The zero-order chi connectivity index (χ0) is 11.8. The van der Waals surface area contributed by atoms with E-state index < -0.39 is 0 Å². The highest BCUT2D eigenvalue weighted by molar-refractivity contribution is 5.82. The van der Waals surface area contributed by atoms with Gasteiger partial charge in [0.15, 0.2) is 0 Å². The molecular formula is C11H20N2O3. The van der Waals surface area contributed by atoms with Gasteiger partial charge in [-0.3, -0.25) is 9.59 Å². The average Bonchev–Trinajstić information content (AvgIpc) is 2.30. The highest BCUT2D eigenvalue weighted by Gasteiger charge is 2.19. The molecule has 2 N–H and O–H groups in total. The van der Waals surface area contributed by atoms with E-state index in [0.29, 0.717) is 13.2 Å². The fraction of sp³-hybridized carbons (Fsp3) is 0.818. The fourth-order valence-corrected chi connectivity index (χ4v) is 1.72. The number of piperidine rings is 1. The minimum atomic E-state index is -0.264. The van der Waals surface area contributed by atoms with Gasteiger partial charge in [-0.05, 0) is 26.3 Å². The van der Waals surface area contributed by atoms with Crippen LogP contribution in [0.3, 0.4) is 0 Å². The molecule has 1 amide bonds. The molecule has 1 saturated heterocycles. The van der Waals surface area contributed by atoms with Gasteiger partial charge < -0.3 is 15.4 Å². The quantitative estimate of drug-likeness (QED) is 0.660. The summed E-state index contributed by atoms with van der Waals surface area (Å²) in [5.74, 6) is -0.275. The summed E-state index contributed by atoms with van der Waals surface area (Å²) < 4.78 is 4.76. The lowest BCUT2D eigenvalue weighted by atomic mass is 10.0. The van der Waals surface area contributed by atoms with Crippen LogP contribution in [0.2, 0.25) is 0 Å². The van der Waals surface area contributed by atoms with Crippen molar-refractivity contribution in [3.63, 3.8) is 0 Å². The van der Waals surface area contributed by atoms with Gasteiger partial charge in [-0.2, -0.15) is 0 Å². The van der Waals surface area contributed by atoms with Crippen molar-refractivity contribution in [1.82, 2.24) is 10.6 Å². The third-order valence-corrected chi connectivity index (χ3v) is 2.56. The molecule has 1 fully saturated rings. The molecule has 1 heterocycles. The Hall–Kier alpha value is -1.10. The Morgan fingerprint density at radius 1 is 1.44 bits per heavy atom. The first-order valence-corrected chi connectivity index (χ1v) is 5.90. The molecule has 0 aliphatic carbocycles. The Bertz CT molecular complexity index is 237. The van der Waals surface area contributed by atoms with Gasteiger partial charge in [-0.15, -0.1) is 0 Å². The van der Waals surface area contributed by atoms with Crippen LogP contribution in [0.5, 0.6) is 0 Å². The highest BCUT2D eigenvalue weighted by atomic mass is 16.5. The number of nitrogens with one attached hydrogen (secondary N) is 2. The molecule has 0 radical (unpaired) electrons. The van der Waals surface area contributed by atoms with Crippen molar-refractivity contribution >= 4 is 11.9 Å². The van der Waals surface area contributed by atoms with E-state index in [1.54, 1.807) is 6.92 Å². The molecular weight excluding hydrogens is 208 g/mol. The highest BCUT2D eigenvalue weighted by Crippen LogP contribution is 2.06. The van der Waals surface area contributed by atoms with Crippen molar-refractivity contribution in [3.05, 3.63) is 0 Å². The number of carbonyl (C=O) groups excluding carboxylic acids is 2. The summed E-state index contributed by atoms with van der Waals surface area (Å²) in [6.45, 7) is 3.41. The third-order valence-electron chi connectivity index (χ3n) is 2.56. The van der Waals surface area contributed by atoms with Gasteiger partial charge in [-0.25, -0.2) is 0 Å². The average molecular weight is 228 g/mol. The van der Waals surface area contributed by atoms with Gasteiger partial charge in [-0.1, -0.05) is 6.42 Å². The van der Waals surface area contributed by atoms with Gasteiger partial charge in [0, 0.05) is 6.54 Å². The fourth-order valence-electron chi connectivity index (χ4n) is 1.72. The lowest BCUT2D eigenvalue weighted by Crippen LogP contribution is -2.47. The second kappa shape index (κ2) is 7.22. The Morgan fingerprint density at radius 3 is 2.88 bits per heavy atom. The van der Waals surface area contributed by atoms with Crippen molar-refractivity contribution in [2.24, 2.45) is 0 Å². The predicted octanol–water partition coefficient (Wildman–Crippen LogP) is 0.198. The lowest BCUT2D eigenvalue weighted by molar-refractivity contribution is -0.143. The summed E-state index contributed by atoms with van der Waals surface area (Å²) in [6, 6.07) is -0.0871. The van der Waals surface area contributed by atoms with Crippen LogP contribution in [0.1, 0.15) is 32.6 Å². The molecule has 0 saturated carbocycles. The number of carbonyl (C=O) groups is 2. The Morgan fingerprint density at radius 2 is 2.25 bits per heavy atom. The van der Waals surface area contributed by atoms with E-state index in [9.17, 15) is 9.59 Å². The molecule has 1 atom stereocenters. The second-order valence-corrected chi connectivity index (χ2v) is 3.85. The van der Waals surface area contributed by atoms with E-state index in [2.05, 4.69) is 10.6 Å². The van der Waals surface area contributed by atoms with E-state index in [1.165, 1.54) is 0 Å². The van der Waals surface area contributed by atoms with Crippen LogP contribution >= 0.6 is 0 Å². The van der Waals surface area contributed by atoms with E-state index in [1.807, 2.05) is 0 Å². The summed E-state index contributed by atoms with van der Waals surface area (Å²) in [5, 5.41) is 5.89. The van der Waals surface area contributed by atoms with Gasteiger partial charge >= 0.3 is 5.97 Å². The molecule has 5 heteroatoms. The Kier molecular flexibility index (Phi) is 5.85. The standard InChI is InChI=1S/C11H20N2O3/c1-2-16-10(14)6-8-13-11(15)9-5-3-4-7-12-9/h9,12H,2-8H2,1H3,(H,13,15)/t9-/m1/s1. The zero-order valence-electron chi connectivity index (χ0n) is 9.75. The first-order valence-electron chi connectivity index (χ1n) is 5.90. The topological polar surface area (TPSA) is 67.4 Å². The first-order chi connectivity index (χ1) is 7.74. The van der Waals surface area contributed by atoms with Gasteiger partial charge in [0.2, 0.25) is 5.91 Å². The number of amides is 1. The molecule has 1 rings (SSSR count). The largest absolute Gasteiger partial charge is 0.466 e. The first kappa shape index (κ1) is 13.0. The van der Waals surface area contributed by atoms with E-state index in [4.69, 9.17) is 4.74 Å². The maximum atomic E-state index is 11.6. The van der Waals surface area contributed by atoms with Crippen LogP contribution in [-0.4, -0.2) is 37.6 Å². The number of hydrogen-bond donors (Lipinski definition) is 2. The summed E-state index contributed by atoms with van der Waals surface area (Å²) >= 11 is 0.